The van der Waals surface area contributed by atoms with Crippen LogP contribution in [0.25, 0.3) is 0 Å². The van der Waals surface area contributed by atoms with Crippen molar-refractivity contribution in [3.63, 3.8) is 0 Å². The molecule has 1 aromatic rings. The minimum atomic E-state index is -0.809. The molecule has 0 saturated heterocycles. The van der Waals surface area contributed by atoms with Gasteiger partial charge in [-0.1, -0.05) is 42.5 Å². The Bertz CT molecular complexity index is 820. The lowest BCUT2D eigenvalue weighted by atomic mass is 9.85. The van der Waals surface area contributed by atoms with Crippen molar-refractivity contribution < 1.29 is 30.0 Å². The number of amides is 1. The fourth-order valence-corrected chi connectivity index (χ4v) is 5.06. The van der Waals surface area contributed by atoms with Crippen molar-refractivity contribution in [2.24, 2.45) is 11.8 Å². The molecule has 1 aromatic carbocycles. The van der Waals surface area contributed by atoms with Gasteiger partial charge in [-0.15, -0.1) is 10.1 Å². The molecule has 0 unspecified atom stereocenters. The highest BCUT2D eigenvalue weighted by Gasteiger charge is 2.40. The Morgan fingerprint density at radius 1 is 1.14 bits per heavy atom. The predicted octanol–water partition coefficient (Wildman–Crippen LogP) is 3.68. The largest absolute Gasteiger partial charge is 0.393 e. The Kier molecular flexibility index (Phi) is 14.2. The van der Waals surface area contributed by atoms with Crippen LogP contribution in [0, 0.1) is 22.0 Å². The third kappa shape index (κ3) is 12.1. The van der Waals surface area contributed by atoms with Crippen LogP contribution in [0.2, 0.25) is 0 Å². The van der Waals surface area contributed by atoms with E-state index in [9.17, 15) is 30.2 Å². The highest BCUT2D eigenvalue weighted by molar-refractivity contribution is 5.75. The summed E-state index contributed by atoms with van der Waals surface area (Å²) in [6.45, 7) is 0.586. The zero-order valence-electron chi connectivity index (χ0n) is 22.0. The fourth-order valence-electron chi connectivity index (χ4n) is 5.06. The number of aryl methyl sites for hydroxylation is 1. The van der Waals surface area contributed by atoms with Gasteiger partial charge in [0.05, 0.1) is 24.9 Å². The van der Waals surface area contributed by atoms with Gasteiger partial charge >= 0.3 is 0 Å². The van der Waals surface area contributed by atoms with E-state index < -0.39 is 23.4 Å². The fraction of sp³-hybridized carbons (Fsp3) is 0.679. The normalized spacial score (nSPS) is 22.3. The first-order valence-electron chi connectivity index (χ1n) is 13.5. The van der Waals surface area contributed by atoms with Gasteiger partial charge in [-0.25, -0.2) is 0 Å². The molecule has 0 bridgehead atoms. The maximum atomic E-state index is 12.2. The standard InChI is InChI=1S/C28H44N2O7/c1-29(19-9-10-20-37-30(35)36)28(34)14-8-3-2-7-13-24-25(27(33)21-26(24)32)18-17-23(31)16-15-22-11-5-4-6-12-22/h2,4-7,11-12,23-27,31-33H,3,8-10,13-21H2,1H3/t23-,24+,25+,26-,27+/m0/s1. The number of benzene rings is 1. The van der Waals surface area contributed by atoms with E-state index in [1.165, 1.54) is 5.56 Å². The molecule has 0 radical (unpaired) electrons. The van der Waals surface area contributed by atoms with Gasteiger partial charge in [-0.3, -0.25) is 4.79 Å². The summed E-state index contributed by atoms with van der Waals surface area (Å²) in [4.78, 5) is 28.2. The Morgan fingerprint density at radius 2 is 1.86 bits per heavy atom. The Labute approximate surface area is 220 Å². The molecular weight excluding hydrogens is 476 g/mol. The number of carbonyl (C=O) groups excluding carboxylic acids is 1. The van der Waals surface area contributed by atoms with Gasteiger partial charge in [0.1, 0.15) is 0 Å². The second-order valence-corrected chi connectivity index (χ2v) is 10.1. The van der Waals surface area contributed by atoms with Gasteiger partial charge in [0.15, 0.2) is 0 Å². The maximum absolute atomic E-state index is 12.2. The molecule has 1 amide bonds. The van der Waals surface area contributed by atoms with Gasteiger partial charge in [0, 0.05) is 20.0 Å². The minimum absolute atomic E-state index is 0.0281. The van der Waals surface area contributed by atoms with Crippen LogP contribution in [-0.2, 0) is 16.1 Å². The van der Waals surface area contributed by atoms with E-state index in [1.54, 1.807) is 11.9 Å². The van der Waals surface area contributed by atoms with Gasteiger partial charge in [0.2, 0.25) is 5.91 Å². The van der Waals surface area contributed by atoms with Crippen LogP contribution in [0.15, 0.2) is 42.5 Å². The molecule has 0 heterocycles. The van der Waals surface area contributed by atoms with Gasteiger partial charge in [0.25, 0.3) is 5.09 Å². The van der Waals surface area contributed by atoms with Crippen LogP contribution in [-0.4, -0.2) is 69.7 Å². The van der Waals surface area contributed by atoms with Crippen molar-refractivity contribution in [2.45, 2.75) is 88.9 Å². The molecule has 3 N–H and O–H groups in total. The molecule has 1 saturated carbocycles. The summed E-state index contributed by atoms with van der Waals surface area (Å²) < 4.78 is 0. The summed E-state index contributed by atoms with van der Waals surface area (Å²) in [6, 6.07) is 10.1. The zero-order valence-corrected chi connectivity index (χ0v) is 22.0. The number of hydrogen-bond acceptors (Lipinski definition) is 7. The first-order valence-corrected chi connectivity index (χ1v) is 13.5. The maximum Gasteiger partial charge on any atom is 0.294 e. The smallest absolute Gasteiger partial charge is 0.294 e. The molecule has 9 heteroatoms. The second kappa shape index (κ2) is 17.1. The predicted molar refractivity (Wildman–Crippen MR) is 141 cm³/mol. The molecule has 0 aromatic heterocycles. The molecule has 208 valence electrons. The van der Waals surface area contributed by atoms with Crippen LogP contribution >= 0.6 is 0 Å². The number of rotatable bonds is 18. The Morgan fingerprint density at radius 3 is 2.59 bits per heavy atom. The molecule has 5 atom stereocenters. The molecule has 0 aliphatic heterocycles. The van der Waals surface area contributed by atoms with Crippen LogP contribution < -0.4 is 0 Å². The van der Waals surface area contributed by atoms with Crippen molar-refractivity contribution in [1.29, 1.82) is 0 Å². The molecule has 9 nitrogen and oxygen atoms in total. The molecule has 1 aliphatic rings. The lowest BCUT2D eigenvalue weighted by Crippen LogP contribution is -2.27. The average Bonchev–Trinajstić information content (AvgIpc) is 3.15. The Hall–Kier alpha value is -2.49. The van der Waals surface area contributed by atoms with Crippen LogP contribution in [0.1, 0.15) is 69.8 Å². The average molecular weight is 521 g/mol. The monoisotopic (exact) mass is 520 g/mol. The SMILES string of the molecule is CN(CCCCO[N+](=O)[O-])C(=O)CCCC=CC[C@@H]1[C@@H](CC[C@@H](O)CCc2ccccc2)[C@H](O)C[C@@H]1O. The first-order chi connectivity index (χ1) is 17.8. The van der Waals surface area contributed by atoms with Gasteiger partial charge < -0.3 is 25.1 Å². The van der Waals surface area contributed by atoms with Crippen molar-refractivity contribution in [2.75, 3.05) is 20.2 Å². The second-order valence-electron chi connectivity index (χ2n) is 10.1. The van der Waals surface area contributed by atoms with Crippen molar-refractivity contribution >= 4 is 5.91 Å². The summed E-state index contributed by atoms with van der Waals surface area (Å²) in [5, 5.41) is 40.7. The Balaban J connectivity index is 1.63. The molecule has 2 rings (SSSR count). The number of nitrogens with zero attached hydrogens (tertiary/aromatic N) is 2. The summed E-state index contributed by atoms with van der Waals surface area (Å²) in [7, 11) is 1.73. The van der Waals surface area contributed by atoms with Crippen LogP contribution in [0.3, 0.4) is 0 Å². The molecular formula is C28H44N2O7. The lowest BCUT2D eigenvalue weighted by Gasteiger charge is -2.23. The highest BCUT2D eigenvalue weighted by Crippen LogP contribution is 2.38. The number of hydrogen-bond donors (Lipinski definition) is 3. The van der Waals surface area contributed by atoms with Crippen molar-refractivity contribution in [3.05, 3.63) is 58.2 Å². The van der Waals surface area contributed by atoms with Crippen molar-refractivity contribution in [1.82, 2.24) is 4.90 Å². The number of aliphatic hydroxyl groups excluding tert-OH is 3. The van der Waals surface area contributed by atoms with E-state index in [2.05, 4.69) is 17.0 Å². The zero-order chi connectivity index (χ0) is 27.0. The summed E-state index contributed by atoms with van der Waals surface area (Å²) >= 11 is 0. The van der Waals surface area contributed by atoms with Gasteiger partial charge in [-0.05, 0) is 81.6 Å². The van der Waals surface area contributed by atoms with E-state index >= 15 is 0 Å². The van der Waals surface area contributed by atoms with Crippen molar-refractivity contribution in [3.8, 4) is 0 Å². The minimum Gasteiger partial charge on any atom is -0.393 e. The topological polar surface area (TPSA) is 133 Å². The molecule has 1 aliphatic carbocycles. The van der Waals surface area contributed by atoms with E-state index in [0.29, 0.717) is 57.9 Å². The van der Waals surface area contributed by atoms with Crippen LogP contribution in [0.4, 0.5) is 0 Å². The number of unbranched alkanes of at least 4 members (excludes halogenated alkanes) is 2. The van der Waals surface area contributed by atoms with E-state index in [4.69, 9.17) is 0 Å². The van der Waals surface area contributed by atoms with E-state index in [0.717, 1.165) is 19.3 Å². The van der Waals surface area contributed by atoms with E-state index in [1.807, 2.05) is 30.4 Å². The summed E-state index contributed by atoms with van der Waals surface area (Å²) in [5.41, 5.74) is 1.20. The number of carbonyl (C=O) groups is 1. The molecule has 1 fully saturated rings. The summed E-state index contributed by atoms with van der Waals surface area (Å²) in [5.74, 6) is -0.0135. The lowest BCUT2D eigenvalue weighted by molar-refractivity contribution is -0.757. The third-order valence-corrected chi connectivity index (χ3v) is 7.31. The van der Waals surface area contributed by atoms with Gasteiger partial charge in [-0.2, -0.15) is 0 Å². The third-order valence-electron chi connectivity index (χ3n) is 7.31. The number of aliphatic hydroxyl groups is 3. The van der Waals surface area contributed by atoms with E-state index in [-0.39, 0.29) is 24.3 Å². The summed E-state index contributed by atoms with van der Waals surface area (Å²) in [6.07, 6.45) is 9.48. The van der Waals surface area contributed by atoms with Crippen LogP contribution in [0.5, 0.6) is 0 Å². The molecule has 0 spiro atoms. The highest BCUT2D eigenvalue weighted by atomic mass is 16.9. The molecule has 37 heavy (non-hydrogen) atoms. The number of allylic oxidation sites excluding steroid dienone is 2. The quantitative estimate of drug-likeness (QED) is 0.116. The first kappa shape index (κ1) is 30.7.